The monoisotopic (exact) mass is 305 g/mol. The summed E-state index contributed by atoms with van der Waals surface area (Å²) in [4.78, 5) is 13.7. The minimum atomic E-state index is -1.10. The van der Waals surface area contributed by atoms with Crippen LogP contribution in [0.4, 0.5) is 9.18 Å². The molecule has 22 heavy (non-hydrogen) atoms. The molecule has 1 aliphatic heterocycles. The van der Waals surface area contributed by atoms with E-state index in [0.717, 1.165) is 5.56 Å². The maximum absolute atomic E-state index is 13.5. The van der Waals surface area contributed by atoms with E-state index in [1.54, 1.807) is 0 Å². The van der Waals surface area contributed by atoms with Crippen molar-refractivity contribution in [2.45, 2.75) is 37.5 Å². The molecule has 2 rings (SSSR count). The van der Waals surface area contributed by atoms with Gasteiger partial charge in [0.05, 0.1) is 31.3 Å². The van der Waals surface area contributed by atoms with E-state index in [4.69, 9.17) is 5.26 Å². The van der Waals surface area contributed by atoms with E-state index in [-0.39, 0.29) is 25.6 Å². The summed E-state index contributed by atoms with van der Waals surface area (Å²) in [5.41, 5.74) is 0.905. The van der Waals surface area contributed by atoms with Crippen molar-refractivity contribution >= 4 is 6.03 Å². The van der Waals surface area contributed by atoms with Gasteiger partial charge in [-0.2, -0.15) is 5.26 Å². The summed E-state index contributed by atoms with van der Waals surface area (Å²) >= 11 is 0. The number of likely N-dealkylation sites (tertiary alicyclic amines) is 1. The molecule has 1 saturated heterocycles. The first-order chi connectivity index (χ1) is 10.7. The SMILES string of the molecule is N#CCCC(NC(=O)N1CC(F)CC1CO)c1ccccc1. The van der Waals surface area contributed by atoms with Crippen molar-refractivity contribution in [1.82, 2.24) is 10.2 Å². The summed E-state index contributed by atoms with van der Waals surface area (Å²) in [6.45, 7) is -0.251. The number of amides is 2. The molecule has 1 fully saturated rings. The Morgan fingerprint density at radius 2 is 2.23 bits per heavy atom. The third kappa shape index (κ3) is 3.95. The number of benzene rings is 1. The van der Waals surface area contributed by atoms with E-state index in [9.17, 15) is 14.3 Å². The molecular formula is C16H20FN3O2. The molecule has 0 aliphatic carbocycles. The Labute approximate surface area is 129 Å². The number of hydrogen-bond acceptors (Lipinski definition) is 3. The zero-order valence-corrected chi connectivity index (χ0v) is 12.3. The number of urea groups is 1. The molecule has 2 N–H and O–H groups in total. The molecule has 1 aromatic rings. The maximum Gasteiger partial charge on any atom is 0.318 e. The van der Waals surface area contributed by atoms with Crippen LogP contribution < -0.4 is 5.32 Å². The van der Waals surface area contributed by atoms with E-state index in [2.05, 4.69) is 11.4 Å². The van der Waals surface area contributed by atoms with Crippen LogP contribution in [0.5, 0.6) is 0 Å². The fraction of sp³-hybridized carbons (Fsp3) is 0.500. The van der Waals surface area contributed by atoms with Crippen LogP contribution in [0.15, 0.2) is 30.3 Å². The van der Waals surface area contributed by atoms with Gasteiger partial charge in [0, 0.05) is 12.8 Å². The van der Waals surface area contributed by atoms with Gasteiger partial charge in [0.2, 0.25) is 0 Å². The van der Waals surface area contributed by atoms with Gasteiger partial charge in [-0.25, -0.2) is 9.18 Å². The fourth-order valence-corrected chi connectivity index (χ4v) is 2.73. The molecule has 2 amide bonds. The Bertz CT molecular complexity index is 532. The average Bonchev–Trinajstić information content (AvgIpc) is 2.93. The highest BCUT2D eigenvalue weighted by molar-refractivity contribution is 5.75. The Hall–Kier alpha value is -2.13. The second-order valence-electron chi connectivity index (χ2n) is 5.43. The number of nitrogens with one attached hydrogen (secondary N) is 1. The van der Waals surface area contributed by atoms with Crippen LogP contribution in [-0.4, -0.2) is 41.4 Å². The molecule has 6 heteroatoms. The fourth-order valence-electron chi connectivity index (χ4n) is 2.73. The van der Waals surface area contributed by atoms with E-state index in [1.807, 2.05) is 30.3 Å². The van der Waals surface area contributed by atoms with Crippen LogP contribution in [-0.2, 0) is 0 Å². The lowest BCUT2D eigenvalue weighted by Crippen LogP contribution is -2.45. The Morgan fingerprint density at radius 3 is 2.86 bits per heavy atom. The van der Waals surface area contributed by atoms with Crippen molar-refractivity contribution in [3.63, 3.8) is 0 Å². The van der Waals surface area contributed by atoms with Crippen LogP contribution in [0.1, 0.15) is 30.9 Å². The lowest BCUT2D eigenvalue weighted by atomic mass is 10.0. The number of halogens is 1. The van der Waals surface area contributed by atoms with Crippen molar-refractivity contribution in [1.29, 1.82) is 5.26 Å². The molecule has 1 aromatic carbocycles. The standard InChI is InChI=1S/C16H20FN3O2/c17-13-9-14(11-21)20(10-13)16(22)19-15(7-4-8-18)12-5-2-1-3-6-12/h1-3,5-6,13-15,21H,4,7,9-11H2,(H,19,22). The van der Waals surface area contributed by atoms with Gasteiger partial charge >= 0.3 is 6.03 Å². The lowest BCUT2D eigenvalue weighted by molar-refractivity contribution is 0.154. The number of aliphatic hydroxyl groups excluding tert-OH is 1. The van der Waals surface area contributed by atoms with E-state index in [0.29, 0.717) is 12.8 Å². The van der Waals surface area contributed by atoms with Crippen LogP contribution >= 0.6 is 0 Å². The average molecular weight is 305 g/mol. The molecule has 1 heterocycles. The third-order valence-corrected chi connectivity index (χ3v) is 3.88. The normalized spacial score (nSPS) is 22.1. The van der Waals surface area contributed by atoms with Gasteiger partial charge in [0.1, 0.15) is 6.17 Å². The maximum atomic E-state index is 13.5. The van der Waals surface area contributed by atoms with Gasteiger partial charge in [-0.15, -0.1) is 0 Å². The van der Waals surface area contributed by atoms with Gasteiger partial charge in [0.15, 0.2) is 0 Å². The lowest BCUT2D eigenvalue weighted by Gasteiger charge is -2.26. The van der Waals surface area contributed by atoms with Crippen LogP contribution in [0, 0.1) is 11.3 Å². The molecule has 0 spiro atoms. The number of aliphatic hydroxyl groups is 1. The molecule has 0 radical (unpaired) electrons. The number of nitrogens with zero attached hydrogens (tertiary/aromatic N) is 2. The number of rotatable bonds is 5. The first-order valence-corrected chi connectivity index (χ1v) is 7.39. The molecule has 5 nitrogen and oxygen atoms in total. The number of carbonyl (C=O) groups excluding carboxylic acids is 1. The van der Waals surface area contributed by atoms with E-state index >= 15 is 0 Å². The highest BCUT2D eigenvalue weighted by atomic mass is 19.1. The summed E-state index contributed by atoms with van der Waals surface area (Å²) < 4.78 is 13.5. The summed E-state index contributed by atoms with van der Waals surface area (Å²) in [5.74, 6) is 0. The van der Waals surface area contributed by atoms with Gasteiger partial charge in [-0.3, -0.25) is 0 Å². The zero-order valence-electron chi connectivity index (χ0n) is 12.3. The predicted octanol–water partition coefficient (Wildman–Crippen LogP) is 2.15. The highest BCUT2D eigenvalue weighted by Gasteiger charge is 2.35. The van der Waals surface area contributed by atoms with E-state index in [1.165, 1.54) is 4.90 Å². The zero-order chi connectivity index (χ0) is 15.9. The summed E-state index contributed by atoms with van der Waals surface area (Å²) in [7, 11) is 0. The van der Waals surface area contributed by atoms with Crippen molar-refractivity contribution < 1.29 is 14.3 Å². The minimum absolute atomic E-state index is 0.00316. The second kappa shape index (κ2) is 7.76. The predicted molar refractivity (Wildman–Crippen MR) is 79.7 cm³/mol. The molecule has 0 bridgehead atoms. The molecular weight excluding hydrogens is 285 g/mol. The molecule has 0 aromatic heterocycles. The third-order valence-electron chi connectivity index (χ3n) is 3.88. The topological polar surface area (TPSA) is 76.4 Å². The largest absolute Gasteiger partial charge is 0.394 e. The van der Waals surface area contributed by atoms with Crippen LogP contribution in [0.25, 0.3) is 0 Å². The minimum Gasteiger partial charge on any atom is -0.394 e. The number of nitriles is 1. The molecule has 0 saturated carbocycles. The Balaban J connectivity index is 2.06. The summed E-state index contributed by atoms with van der Waals surface area (Å²) in [6.07, 6.45) is -0.132. The number of hydrogen-bond donors (Lipinski definition) is 2. The van der Waals surface area contributed by atoms with Gasteiger partial charge in [-0.1, -0.05) is 30.3 Å². The van der Waals surface area contributed by atoms with Gasteiger partial charge < -0.3 is 15.3 Å². The first-order valence-electron chi connectivity index (χ1n) is 7.39. The van der Waals surface area contributed by atoms with Gasteiger partial charge in [0.25, 0.3) is 0 Å². The molecule has 1 aliphatic rings. The quantitative estimate of drug-likeness (QED) is 0.875. The van der Waals surface area contributed by atoms with Crippen LogP contribution in [0.3, 0.4) is 0 Å². The second-order valence-corrected chi connectivity index (χ2v) is 5.43. The summed E-state index contributed by atoms with van der Waals surface area (Å²) in [6, 6.07) is 10.3. The van der Waals surface area contributed by atoms with Crippen molar-refractivity contribution in [3.05, 3.63) is 35.9 Å². The van der Waals surface area contributed by atoms with Crippen molar-refractivity contribution in [3.8, 4) is 6.07 Å². The number of carbonyl (C=O) groups is 1. The smallest absolute Gasteiger partial charge is 0.318 e. The van der Waals surface area contributed by atoms with E-state index < -0.39 is 18.2 Å². The highest BCUT2D eigenvalue weighted by Crippen LogP contribution is 2.23. The van der Waals surface area contributed by atoms with Crippen LogP contribution in [0.2, 0.25) is 0 Å². The Kier molecular flexibility index (Phi) is 5.73. The molecule has 118 valence electrons. The van der Waals surface area contributed by atoms with Crippen molar-refractivity contribution in [2.24, 2.45) is 0 Å². The number of alkyl halides is 1. The van der Waals surface area contributed by atoms with Gasteiger partial charge in [-0.05, 0) is 12.0 Å². The molecule has 3 unspecified atom stereocenters. The Morgan fingerprint density at radius 1 is 1.50 bits per heavy atom. The van der Waals surface area contributed by atoms with Crippen molar-refractivity contribution in [2.75, 3.05) is 13.2 Å². The molecule has 3 atom stereocenters. The first kappa shape index (κ1) is 16.2. The summed E-state index contributed by atoms with van der Waals surface area (Å²) in [5, 5.41) is 20.9.